The van der Waals surface area contributed by atoms with Gasteiger partial charge in [-0.05, 0) is 48.9 Å². The second-order valence-corrected chi connectivity index (χ2v) is 7.61. The van der Waals surface area contributed by atoms with E-state index < -0.39 is 0 Å². The Morgan fingerprint density at radius 1 is 0.966 bits per heavy atom. The van der Waals surface area contributed by atoms with Crippen molar-refractivity contribution in [1.29, 1.82) is 0 Å². The molecular formula is C24H26FN3O. The molecule has 5 heteroatoms. The molecule has 1 aliphatic rings. The van der Waals surface area contributed by atoms with Gasteiger partial charge in [0.25, 0.3) is 0 Å². The van der Waals surface area contributed by atoms with E-state index in [0.29, 0.717) is 19.5 Å². The number of carbonyl (C=O) groups is 1. The Morgan fingerprint density at radius 2 is 1.66 bits per heavy atom. The fourth-order valence-electron chi connectivity index (χ4n) is 3.99. The molecule has 2 aromatic carbocycles. The van der Waals surface area contributed by atoms with Crippen molar-refractivity contribution in [2.45, 2.75) is 19.4 Å². The molecular weight excluding hydrogens is 365 g/mol. The van der Waals surface area contributed by atoms with E-state index in [0.717, 1.165) is 24.3 Å². The van der Waals surface area contributed by atoms with Gasteiger partial charge in [-0.1, -0.05) is 29.8 Å². The van der Waals surface area contributed by atoms with Gasteiger partial charge in [0, 0.05) is 44.3 Å². The number of halogens is 1. The second kappa shape index (κ2) is 8.52. The molecule has 4 nitrogen and oxygen atoms in total. The first kappa shape index (κ1) is 19.2. The third-order valence-corrected chi connectivity index (χ3v) is 5.61. The topological polar surface area (TPSA) is 28.5 Å². The summed E-state index contributed by atoms with van der Waals surface area (Å²) in [5.74, 6) is -0.0567. The van der Waals surface area contributed by atoms with E-state index in [2.05, 4.69) is 34.6 Å². The van der Waals surface area contributed by atoms with E-state index in [1.807, 2.05) is 35.5 Å². The molecule has 3 aromatic rings. The Bertz CT molecular complexity index is 945. The first-order valence-electron chi connectivity index (χ1n) is 10.1. The van der Waals surface area contributed by atoms with Crippen molar-refractivity contribution in [3.63, 3.8) is 0 Å². The first-order valence-corrected chi connectivity index (χ1v) is 10.1. The monoisotopic (exact) mass is 391 g/mol. The molecule has 4 rings (SSSR count). The molecule has 1 atom stereocenters. The predicted molar refractivity (Wildman–Crippen MR) is 114 cm³/mol. The average Bonchev–Trinajstić information content (AvgIpc) is 3.27. The number of benzene rings is 2. The number of aryl methyl sites for hydroxylation is 1. The van der Waals surface area contributed by atoms with Crippen molar-refractivity contribution in [3.8, 4) is 0 Å². The molecule has 1 aromatic heterocycles. The summed E-state index contributed by atoms with van der Waals surface area (Å²) in [6.07, 6.45) is 4.48. The van der Waals surface area contributed by atoms with Gasteiger partial charge in [0.2, 0.25) is 5.91 Å². The number of carbonyl (C=O) groups excluding carboxylic acids is 1. The van der Waals surface area contributed by atoms with Crippen LogP contribution in [0.2, 0.25) is 0 Å². The van der Waals surface area contributed by atoms with Gasteiger partial charge in [0.15, 0.2) is 0 Å². The van der Waals surface area contributed by atoms with Crippen molar-refractivity contribution in [3.05, 3.63) is 90.0 Å². The number of nitrogens with zero attached hydrogens (tertiary/aromatic N) is 3. The largest absolute Gasteiger partial charge is 0.368 e. The lowest BCUT2D eigenvalue weighted by Crippen LogP contribution is -2.49. The predicted octanol–water partition coefficient (Wildman–Crippen LogP) is 4.26. The Hall–Kier alpha value is -3.08. The molecule has 0 spiro atoms. The Morgan fingerprint density at radius 3 is 2.31 bits per heavy atom. The van der Waals surface area contributed by atoms with Crippen LogP contribution in [0.1, 0.15) is 23.6 Å². The van der Waals surface area contributed by atoms with E-state index in [4.69, 9.17) is 0 Å². The van der Waals surface area contributed by atoms with Gasteiger partial charge in [0.1, 0.15) is 5.82 Å². The van der Waals surface area contributed by atoms with E-state index in [-0.39, 0.29) is 17.8 Å². The lowest BCUT2D eigenvalue weighted by atomic mass is 10.0. The average molecular weight is 391 g/mol. The zero-order valence-corrected chi connectivity index (χ0v) is 16.7. The molecule has 0 aliphatic carbocycles. The van der Waals surface area contributed by atoms with E-state index in [9.17, 15) is 9.18 Å². The third kappa shape index (κ3) is 4.50. The summed E-state index contributed by atoms with van der Waals surface area (Å²) in [4.78, 5) is 17.2. The number of amides is 1. The number of piperazine rings is 1. The first-order chi connectivity index (χ1) is 14.1. The maximum atomic E-state index is 13.2. The smallest absolute Gasteiger partial charge is 0.225 e. The summed E-state index contributed by atoms with van der Waals surface area (Å²) >= 11 is 0. The number of anilines is 1. The summed E-state index contributed by atoms with van der Waals surface area (Å²) in [5, 5.41) is 0. The highest BCUT2D eigenvalue weighted by Gasteiger charge is 2.25. The van der Waals surface area contributed by atoms with Crippen molar-refractivity contribution >= 4 is 11.6 Å². The minimum absolute atomic E-state index is 0.00692. The summed E-state index contributed by atoms with van der Waals surface area (Å²) in [6, 6.07) is 18.9. The van der Waals surface area contributed by atoms with Crippen LogP contribution < -0.4 is 4.90 Å². The van der Waals surface area contributed by atoms with Crippen LogP contribution in [0.4, 0.5) is 10.1 Å². The van der Waals surface area contributed by atoms with Crippen LogP contribution >= 0.6 is 0 Å². The number of aromatic nitrogens is 1. The normalized spacial score (nSPS) is 15.4. The lowest BCUT2D eigenvalue weighted by molar-refractivity contribution is -0.132. The molecule has 2 heterocycles. The molecule has 0 saturated carbocycles. The molecule has 29 heavy (non-hydrogen) atoms. The maximum absolute atomic E-state index is 13.2. The fourth-order valence-corrected chi connectivity index (χ4v) is 3.99. The Kier molecular flexibility index (Phi) is 5.65. The standard InChI is InChI=1S/C24H26FN3O/c1-19-5-4-6-20(17-19)23(27-11-2-3-12-27)18-24(29)28-15-13-26(14-16-28)22-9-7-21(25)8-10-22/h2-12,17,23H,13-16,18H2,1H3. The van der Waals surface area contributed by atoms with Crippen molar-refractivity contribution in [2.75, 3.05) is 31.1 Å². The summed E-state index contributed by atoms with van der Waals surface area (Å²) < 4.78 is 15.3. The molecule has 1 amide bonds. The van der Waals surface area contributed by atoms with Gasteiger partial charge in [0.05, 0.1) is 12.5 Å². The molecule has 0 bridgehead atoms. The second-order valence-electron chi connectivity index (χ2n) is 7.61. The Balaban J connectivity index is 1.43. The highest BCUT2D eigenvalue weighted by atomic mass is 19.1. The van der Waals surface area contributed by atoms with Crippen LogP contribution in [0.15, 0.2) is 73.1 Å². The van der Waals surface area contributed by atoms with Crippen LogP contribution in [0.3, 0.4) is 0 Å². The third-order valence-electron chi connectivity index (χ3n) is 5.61. The van der Waals surface area contributed by atoms with Gasteiger partial charge in [-0.15, -0.1) is 0 Å². The molecule has 0 radical (unpaired) electrons. The van der Waals surface area contributed by atoms with Crippen LogP contribution in [0.25, 0.3) is 0 Å². The van der Waals surface area contributed by atoms with Gasteiger partial charge in [-0.3, -0.25) is 4.79 Å². The van der Waals surface area contributed by atoms with Crippen LogP contribution in [0, 0.1) is 12.7 Å². The fraction of sp³-hybridized carbons (Fsp3) is 0.292. The van der Waals surface area contributed by atoms with Crippen molar-refractivity contribution < 1.29 is 9.18 Å². The van der Waals surface area contributed by atoms with Gasteiger partial charge in [-0.25, -0.2) is 4.39 Å². The highest BCUT2D eigenvalue weighted by Crippen LogP contribution is 2.25. The zero-order valence-electron chi connectivity index (χ0n) is 16.7. The highest BCUT2D eigenvalue weighted by molar-refractivity contribution is 5.77. The SMILES string of the molecule is Cc1cccc(C(CC(=O)N2CCN(c3ccc(F)cc3)CC2)n2cccc2)c1. The molecule has 1 aliphatic heterocycles. The van der Waals surface area contributed by atoms with Gasteiger partial charge in [-0.2, -0.15) is 0 Å². The summed E-state index contributed by atoms with van der Waals surface area (Å²) in [7, 11) is 0. The zero-order chi connectivity index (χ0) is 20.2. The molecule has 1 saturated heterocycles. The summed E-state index contributed by atoms with van der Waals surface area (Å²) in [6.45, 7) is 4.96. The quantitative estimate of drug-likeness (QED) is 0.650. The number of rotatable bonds is 5. The van der Waals surface area contributed by atoms with E-state index in [1.165, 1.54) is 17.7 Å². The lowest BCUT2D eigenvalue weighted by Gasteiger charge is -2.37. The molecule has 1 fully saturated rings. The molecule has 0 N–H and O–H groups in total. The minimum atomic E-state index is -0.227. The number of hydrogen-bond donors (Lipinski definition) is 0. The number of hydrogen-bond acceptors (Lipinski definition) is 2. The van der Waals surface area contributed by atoms with Crippen molar-refractivity contribution in [1.82, 2.24) is 9.47 Å². The minimum Gasteiger partial charge on any atom is -0.368 e. The molecule has 1 unspecified atom stereocenters. The summed E-state index contributed by atoms with van der Waals surface area (Å²) in [5.41, 5.74) is 3.35. The maximum Gasteiger partial charge on any atom is 0.225 e. The Labute approximate surface area is 171 Å². The van der Waals surface area contributed by atoms with Crippen molar-refractivity contribution in [2.24, 2.45) is 0 Å². The van der Waals surface area contributed by atoms with E-state index in [1.54, 1.807) is 12.1 Å². The van der Waals surface area contributed by atoms with Gasteiger partial charge < -0.3 is 14.4 Å². The van der Waals surface area contributed by atoms with Gasteiger partial charge >= 0.3 is 0 Å². The van der Waals surface area contributed by atoms with Crippen LogP contribution in [0.5, 0.6) is 0 Å². The molecule has 150 valence electrons. The van der Waals surface area contributed by atoms with Crippen LogP contribution in [-0.2, 0) is 4.79 Å². The van der Waals surface area contributed by atoms with E-state index >= 15 is 0 Å². The van der Waals surface area contributed by atoms with Crippen LogP contribution in [-0.4, -0.2) is 41.6 Å².